The topological polar surface area (TPSA) is 103 Å². The molecule has 1 unspecified atom stereocenters. The third kappa shape index (κ3) is 7.32. The van der Waals surface area contributed by atoms with Crippen molar-refractivity contribution in [1.29, 1.82) is 0 Å². The normalized spacial score (nSPS) is 22.8. The monoisotopic (exact) mass is 697 g/mol. The molecular formula is C39H48ClN7O3. The number of hydrogen-bond donors (Lipinski definition) is 2. The molecule has 3 aromatic rings. The summed E-state index contributed by atoms with van der Waals surface area (Å²) in [5.41, 5.74) is 7.73. The van der Waals surface area contributed by atoms with Gasteiger partial charge in [-0.25, -0.2) is 4.68 Å². The molecule has 2 N–H and O–H groups in total. The maximum Gasteiger partial charge on any atom is 0.287 e. The van der Waals surface area contributed by atoms with Gasteiger partial charge in [-0.2, -0.15) is 5.10 Å². The van der Waals surface area contributed by atoms with Crippen LogP contribution in [0.3, 0.4) is 0 Å². The predicted octanol–water partition coefficient (Wildman–Crippen LogP) is 5.52. The number of allylic oxidation sites excluding steroid dienone is 1. The van der Waals surface area contributed by atoms with Gasteiger partial charge in [0, 0.05) is 70.2 Å². The SMILES string of the molecule is Cc1cc(N2CCC3(CCN(Cc4ccc([C@H]5CC(Nc6cnn(C)c(=O)c6Cl)=CN(C)C5)cc4)CC3)CC2)ccc1C1CCC(=O)NC1=O. The van der Waals surface area contributed by atoms with Crippen molar-refractivity contribution < 1.29 is 9.59 Å². The number of hydrogen-bond acceptors (Lipinski definition) is 8. The van der Waals surface area contributed by atoms with Gasteiger partial charge in [-0.15, -0.1) is 0 Å². The maximum atomic E-state index is 12.4. The average Bonchev–Trinajstić information content (AvgIpc) is 3.10. The summed E-state index contributed by atoms with van der Waals surface area (Å²) >= 11 is 6.31. The van der Waals surface area contributed by atoms with E-state index in [1.54, 1.807) is 13.2 Å². The molecule has 10 nitrogen and oxygen atoms in total. The number of likely N-dealkylation sites (tertiary alicyclic amines) is 1. The Morgan fingerprint density at radius 3 is 2.40 bits per heavy atom. The lowest BCUT2D eigenvalue weighted by molar-refractivity contribution is -0.134. The number of benzene rings is 2. The van der Waals surface area contributed by atoms with E-state index in [0.717, 1.165) is 62.5 Å². The van der Waals surface area contributed by atoms with Crippen molar-refractivity contribution in [2.45, 2.75) is 70.3 Å². The highest BCUT2D eigenvalue weighted by Crippen LogP contribution is 2.43. The molecular weight excluding hydrogens is 650 g/mol. The molecule has 1 aromatic heterocycles. The Balaban J connectivity index is 0.891. The Morgan fingerprint density at radius 1 is 0.980 bits per heavy atom. The zero-order chi connectivity index (χ0) is 35.0. The summed E-state index contributed by atoms with van der Waals surface area (Å²) in [6.07, 6.45) is 10.4. The number of aromatic nitrogens is 2. The van der Waals surface area contributed by atoms with Gasteiger partial charge in [-0.1, -0.05) is 41.9 Å². The second-order valence-corrected chi connectivity index (χ2v) is 15.3. The van der Waals surface area contributed by atoms with Gasteiger partial charge in [0.05, 0.1) is 17.8 Å². The van der Waals surface area contributed by atoms with Crippen molar-refractivity contribution in [2.75, 3.05) is 50.0 Å². The molecule has 5 heterocycles. The van der Waals surface area contributed by atoms with Gasteiger partial charge in [-0.05, 0) is 98.3 Å². The van der Waals surface area contributed by atoms with E-state index in [1.165, 1.54) is 47.2 Å². The van der Waals surface area contributed by atoms with Crippen molar-refractivity contribution in [3.8, 4) is 0 Å². The number of carbonyl (C=O) groups excluding carboxylic acids is 2. The molecule has 4 aliphatic rings. The van der Waals surface area contributed by atoms with E-state index >= 15 is 0 Å². The molecule has 4 aliphatic heterocycles. The van der Waals surface area contributed by atoms with Crippen LogP contribution < -0.4 is 21.1 Å². The number of aryl methyl sites for hydroxylation is 2. The van der Waals surface area contributed by atoms with Crippen LogP contribution in [0.15, 0.2) is 65.4 Å². The van der Waals surface area contributed by atoms with E-state index in [2.05, 4.69) is 93.1 Å². The van der Waals surface area contributed by atoms with E-state index in [9.17, 15) is 14.4 Å². The number of amides is 2. The minimum Gasteiger partial charge on any atom is -0.378 e. The quantitative estimate of drug-likeness (QED) is 0.312. The van der Waals surface area contributed by atoms with Gasteiger partial charge < -0.3 is 15.1 Å². The molecule has 1 spiro atoms. The van der Waals surface area contributed by atoms with Gasteiger partial charge in [0.25, 0.3) is 5.56 Å². The van der Waals surface area contributed by atoms with Crippen molar-refractivity contribution in [3.63, 3.8) is 0 Å². The number of nitrogens with one attached hydrogen (secondary N) is 2. The molecule has 11 heteroatoms. The average molecular weight is 698 g/mol. The summed E-state index contributed by atoms with van der Waals surface area (Å²) in [4.78, 5) is 43.6. The maximum absolute atomic E-state index is 12.4. The Bertz CT molecular complexity index is 1840. The van der Waals surface area contributed by atoms with Gasteiger partial charge in [0.15, 0.2) is 0 Å². The first-order chi connectivity index (χ1) is 24.1. The van der Waals surface area contributed by atoms with Crippen molar-refractivity contribution in [1.82, 2.24) is 24.9 Å². The molecule has 3 saturated heterocycles. The number of carbonyl (C=O) groups is 2. The molecule has 2 aromatic carbocycles. The molecule has 2 atom stereocenters. The van der Waals surface area contributed by atoms with Crippen LogP contribution in [-0.2, 0) is 23.2 Å². The van der Waals surface area contributed by atoms with E-state index in [0.29, 0.717) is 29.9 Å². The zero-order valence-electron chi connectivity index (χ0n) is 29.4. The standard InChI is InChI=1S/C39H48ClN7O3/c1-26-20-31(8-9-32(26)33-10-11-35(48)43-37(33)49)47-18-14-39(15-19-47)12-16-46(17-13-39)23-27-4-6-28(7-5-27)29-21-30(25-44(2)24-29)42-34-22-41-45(3)38(50)36(34)40/h4-9,20,22,25,29,33,42H,10-19,21,23-24H2,1-3H3,(H,43,48,49)/t29-,33?/m0/s1. The van der Waals surface area contributed by atoms with Crippen molar-refractivity contribution >= 4 is 34.8 Å². The van der Waals surface area contributed by atoms with Gasteiger partial charge in [0.1, 0.15) is 5.02 Å². The highest BCUT2D eigenvalue weighted by Gasteiger charge is 2.38. The Hall–Kier alpha value is -4.15. The predicted molar refractivity (Wildman–Crippen MR) is 197 cm³/mol. The minimum atomic E-state index is -0.314. The van der Waals surface area contributed by atoms with Gasteiger partial charge in [-0.3, -0.25) is 24.6 Å². The second kappa shape index (κ2) is 14.2. The first-order valence-electron chi connectivity index (χ1n) is 18.0. The third-order valence-electron chi connectivity index (χ3n) is 11.6. The number of likely N-dealkylation sites (N-methyl/N-ethyl adjacent to an activating group) is 1. The summed E-state index contributed by atoms with van der Waals surface area (Å²) < 4.78 is 1.24. The molecule has 3 fully saturated rings. The number of halogens is 1. The smallest absolute Gasteiger partial charge is 0.287 e. The van der Waals surface area contributed by atoms with Crippen molar-refractivity contribution in [2.24, 2.45) is 12.5 Å². The van der Waals surface area contributed by atoms with Crippen LogP contribution in [0, 0.1) is 12.3 Å². The molecule has 0 aliphatic carbocycles. The number of imide groups is 1. The van der Waals surface area contributed by atoms with Crippen LogP contribution >= 0.6 is 11.6 Å². The van der Waals surface area contributed by atoms with Gasteiger partial charge in [0.2, 0.25) is 11.8 Å². The summed E-state index contributed by atoms with van der Waals surface area (Å²) in [6, 6.07) is 15.6. The van der Waals surface area contributed by atoms with Crippen LogP contribution in [-0.4, -0.2) is 71.2 Å². The molecule has 0 radical (unpaired) electrons. The Morgan fingerprint density at radius 2 is 1.70 bits per heavy atom. The number of rotatable bonds is 7. The number of nitrogens with zero attached hydrogens (tertiary/aromatic N) is 5. The molecule has 2 amide bonds. The highest BCUT2D eigenvalue weighted by molar-refractivity contribution is 6.33. The van der Waals surface area contributed by atoms with Crippen molar-refractivity contribution in [3.05, 3.63) is 98.2 Å². The fourth-order valence-corrected chi connectivity index (χ4v) is 8.66. The lowest BCUT2D eigenvalue weighted by atomic mass is 9.71. The Labute approximate surface area is 299 Å². The van der Waals surface area contributed by atoms with E-state index in [-0.39, 0.29) is 28.3 Å². The molecule has 50 heavy (non-hydrogen) atoms. The van der Waals surface area contributed by atoms with Crippen LogP contribution in [0.5, 0.6) is 0 Å². The lowest BCUT2D eigenvalue weighted by Crippen LogP contribution is -2.46. The summed E-state index contributed by atoms with van der Waals surface area (Å²) in [5.74, 6) is -0.246. The fraction of sp³-hybridized carbons (Fsp3) is 0.487. The molecule has 0 saturated carbocycles. The highest BCUT2D eigenvalue weighted by atomic mass is 35.5. The number of piperidine rings is 3. The largest absolute Gasteiger partial charge is 0.378 e. The molecule has 7 rings (SSSR count). The van der Waals surface area contributed by atoms with Crippen LogP contribution in [0.2, 0.25) is 5.02 Å². The Kier molecular flexibility index (Phi) is 9.76. The zero-order valence-corrected chi connectivity index (χ0v) is 30.1. The van der Waals surface area contributed by atoms with Gasteiger partial charge >= 0.3 is 0 Å². The summed E-state index contributed by atoms with van der Waals surface area (Å²) in [7, 11) is 3.66. The fourth-order valence-electron chi connectivity index (χ4n) is 8.44. The molecule has 0 bridgehead atoms. The lowest BCUT2D eigenvalue weighted by Gasteiger charge is -2.47. The minimum absolute atomic E-state index is 0.150. The number of anilines is 2. The first kappa shape index (κ1) is 34.3. The van der Waals surface area contributed by atoms with Crippen LogP contribution in [0.1, 0.15) is 79.0 Å². The first-order valence-corrected chi connectivity index (χ1v) is 18.3. The molecule has 264 valence electrons. The third-order valence-corrected chi connectivity index (χ3v) is 11.9. The van der Waals surface area contributed by atoms with E-state index < -0.39 is 0 Å². The van der Waals surface area contributed by atoms with E-state index in [4.69, 9.17) is 11.6 Å². The summed E-state index contributed by atoms with van der Waals surface area (Å²) in [6.45, 7) is 8.39. The van der Waals surface area contributed by atoms with E-state index in [1.807, 2.05) is 0 Å². The van der Waals surface area contributed by atoms with Crippen LogP contribution in [0.25, 0.3) is 0 Å². The summed E-state index contributed by atoms with van der Waals surface area (Å²) in [5, 5.41) is 10.1. The van der Waals surface area contributed by atoms with Crippen LogP contribution in [0.4, 0.5) is 11.4 Å². The second-order valence-electron chi connectivity index (χ2n) is 15.0.